The summed E-state index contributed by atoms with van der Waals surface area (Å²) < 4.78 is 0. The summed E-state index contributed by atoms with van der Waals surface area (Å²) >= 11 is 0. The van der Waals surface area contributed by atoms with Crippen LogP contribution in [0, 0.1) is 5.41 Å². The highest BCUT2D eigenvalue weighted by molar-refractivity contribution is 5.07. The van der Waals surface area contributed by atoms with Gasteiger partial charge in [-0.25, -0.2) is 0 Å². The molecule has 1 aromatic rings. The molecule has 3 nitrogen and oxygen atoms in total. The van der Waals surface area contributed by atoms with Gasteiger partial charge < -0.3 is 10.6 Å². The van der Waals surface area contributed by atoms with Crippen LogP contribution in [0.3, 0.4) is 0 Å². The van der Waals surface area contributed by atoms with Gasteiger partial charge in [0.2, 0.25) is 0 Å². The molecule has 1 rings (SSSR count). The highest BCUT2D eigenvalue weighted by Crippen LogP contribution is 2.25. The van der Waals surface area contributed by atoms with E-state index in [9.17, 15) is 0 Å². The highest BCUT2D eigenvalue weighted by Gasteiger charge is 2.16. The van der Waals surface area contributed by atoms with Crippen LogP contribution in [0.5, 0.6) is 0 Å². The lowest BCUT2D eigenvalue weighted by atomic mass is 9.84. The van der Waals surface area contributed by atoms with E-state index in [-0.39, 0.29) is 0 Å². The van der Waals surface area contributed by atoms with E-state index < -0.39 is 0 Å². The number of rotatable bonds is 8. The molecule has 0 saturated carbocycles. The van der Waals surface area contributed by atoms with Crippen molar-refractivity contribution >= 4 is 0 Å². The molecule has 0 bridgehead atoms. The molecule has 0 fully saturated rings. The van der Waals surface area contributed by atoms with E-state index in [2.05, 4.69) is 36.8 Å². The largest absolute Gasteiger partial charge is 0.330 e. The van der Waals surface area contributed by atoms with Gasteiger partial charge in [-0.1, -0.05) is 19.9 Å². The maximum atomic E-state index is 5.63. The van der Waals surface area contributed by atoms with Crippen molar-refractivity contribution in [3.63, 3.8) is 0 Å². The summed E-state index contributed by atoms with van der Waals surface area (Å²) in [7, 11) is 2.17. The fraction of sp³-hybridized carbons (Fsp3) is 0.667. The standard InChI is InChI=1S/C15H27N3/c1-15(2,8-9-16)7-5-11-18(3)13-14-6-4-10-17-12-14/h4,6,10,12H,5,7-9,11,13,16H2,1-3H3. The SMILES string of the molecule is CN(CCCC(C)(C)CCN)Cc1cccnc1. The van der Waals surface area contributed by atoms with Crippen molar-refractivity contribution < 1.29 is 0 Å². The predicted octanol–water partition coefficient (Wildman–Crippen LogP) is 2.67. The van der Waals surface area contributed by atoms with Crippen LogP contribution in [0.1, 0.15) is 38.7 Å². The Morgan fingerprint density at radius 2 is 2.11 bits per heavy atom. The van der Waals surface area contributed by atoms with Crippen LogP contribution in [-0.2, 0) is 6.54 Å². The number of hydrogen-bond acceptors (Lipinski definition) is 3. The van der Waals surface area contributed by atoms with Gasteiger partial charge in [-0.05, 0) is 56.4 Å². The van der Waals surface area contributed by atoms with E-state index in [0.717, 1.165) is 26.1 Å². The van der Waals surface area contributed by atoms with Gasteiger partial charge in [0, 0.05) is 18.9 Å². The van der Waals surface area contributed by atoms with Gasteiger partial charge in [0.25, 0.3) is 0 Å². The molecule has 0 spiro atoms. The molecule has 0 aromatic carbocycles. The lowest BCUT2D eigenvalue weighted by Crippen LogP contribution is -2.22. The van der Waals surface area contributed by atoms with Crippen molar-refractivity contribution in [1.82, 2.24) is 9.88 Å². The van der Waals surface area contributed by atoms with Crippen LogP contribution in [-0.4, -0.2) is 30.0 Å². The molecular formula is C15H27N3. The van der Waals surface area contributed by atoms with Crippen molar-refractivity contribution in [3.05, 3.63) is 30.1 Å². The van der Waals surface area contributed by atoms with Crippen LogP contribution in [0.25, 0.3) is 0 Å². The quantitative estimate of drug-likeness (QED) is 0.770. The Bertz CT molecular complexity index is 322. The van der Waals surface area contributed by atoms with Gasteiger partial charge in [0.1, 0.15) is 0 Å². The molecule has 2 N–H and O–H groups in total. The van der Waals surface area contributed by atoms with Crippen molar-refractivity contribution in [2.75, 3.05) is 20.1 Å². The first-order valence-electron chi connectivity index (χ1n) is 6.81. The van der Waals surface area contributed by atoms with E-state index in [1.54, 1.807) is 0 Å². The molecule has 1 heterocycles. The summed E-state index contributed by atoms with van der Waals surface area (Å²) in [6, 6.07) is 4.12. The molecule has 0 aliphatic rings. The van der Waals surface area contributed by atoms with Gasteiger partial charge in [0.05, 0.1) is 0 Å². The lowest BCUT2D eigenvalue weighted by Gasteiger charge is -2.25. The zero-order chi connectivity index (χ0) is 13.4. The van der Waals surface area contributed by atoms with Crippen molar-refractivity contribution in [2.24, 2.45) is 11.1 Å². The number of hydrogen-bond donors (Lipinski definition) is 1. The minimum atomic E-state index is 0.379. The molecular weight excluding hydrogens is 222 g/mol. The van der Waals surface area contributed by atoms with Gasteiger partial charge in [-0.15, -0.1) is 0 Å². The van der Waals surface area contributed by atoms with Crippen molar-refractivity contribution in [1.29, 1.82) is 0 Å². The fourth-order valence-electron chi connectivity index (χ4n) is 2.23. The number of aromatic nitrogens is 1. The monoisotopic (exact) mass is 249 g/mol. The van der Waals surface area contributed by atoms with Crippen LogP contribution in [0.4, 0.5) is 0 Å². The lowest BCUT2D eigenvalue weighted by molar-refractivity contribution is 0.259. The Kier molecular flexibility index (Phi) is 6.30. The summed E-state index contributed by atoms with van der Waals surface area (Å²) in [4.78, 5) is 6.50. The molecule has 0 radical (unpaired) electrons. The third-order valence-electron chi connectivity index (χ3n) is 3.39. The minimum Gasteiger partial charge on any atom is -0.330 e. The summed E-state index contributed by atoms with van der Waals surface area (Å²) in [5.41, 5.74) is 7.29. The van der Waals surface area contributed by atoms with Gasteiger partial charge in [0.15, 0.2) is 0 Å². The smallest absolute Gasteiger partial charge is 0.0312 e. The van der Waals surface area contributed by atoms with Gasteiger partial charge >= 0.3 is 0 Å². The normalized spacial score (nSPS) is 12.1. The Morgan fingerprint density at radius 3 is 2.72 bits per heavy atom. The second-order valence-electron chi connectivity index (χ2n) is 5.91. The third kappa shape index (κ3) is 6.12. The van der Waals surface area contributed by atoms with Crippen LogP contribution in [0.2, 0.25) is 0 Å². The number of nitrogens with two attached hydrogens (primary N) is 1. The van der Waals surface area contributed by atoms with Crippen molar-refractivity contribution in [2.45, 2.75) is 39.7 Å². The highest BCUT2D eigenvalue weighted by atomic mass is 15.1. The number of pyridine rings is 1. The Hall–Kier alpha value is -0.930. The third-order valence-corrected chi connectivity index (χ3v) is 3.39. The second-order valence-corrected chi connectivity index (χ2v) is 5.91. The zero-order valence-corrected chi connectivity index (χ0v) is 12.0. The summed E-state index contributed by atoms with van der Waals surface area (Å²) in [5.74, 6) is 0. The predicted molar refractivity (Wildman–Crippen MR) is 77.3 cm³/mol. The van der Waals surface area contributed by atoms with E-state index >= 15 is 0 Å². The maximum absolute atomic E-state index is 5.63. The first kappa shape index (κ1) is 15.1. The summed E-state index contributed by atoms with van der Waals surface area (Å²) in [6.07, 6.45) is 7.33. The molecule has 0 aliphatic carbocycles. The first-order valence-corrected chi connectivity index (χ1v) is 6.81. The van der Waals surface area contributed by atoms with Crippen LogP contribution in [0.15, 0.2) is 24.5 Å². The minimum absolute atomic E-state index is 0.379. The van der Waals surface area contributed by atoms with Gasteiger partial charge in [-0.2, -0.15) is 0 Å². The molecule has 0 unspecified atom stereocenters. The summed E-state index contributed by atoms with van der Waals surface area (Å²) in [5, 5.41) is 0. The molecule has 18 heavy (non-hydrogen) atoms. The Balaban J connectivity index is 2.23. The average molecular weight is 249 g/mol. The molecule has 0 aliphatic heterocycles. The maximum Gasteiger partial charge on any atom is 0.0312 e. The summed E-state index contributed by atoms with van der Waals surface area (Å²) in [6.45, 7) is 7.51. The first-order chi connectivity index (χ1) is 8.53. The average Bonchev–Trinajstić information content (AvgIpc) is 2.29. The van der Waals surface area contributed by atoms with Gasteiger partial charge in [-0.3, -0.25) is 4.98 Å². The van der Waals surface area contributed by atoms with Crippen LogP contribution < -0.4 is 5.73 Å². The van der Waals surface area contributed by atoms with E-state index in [1.165, 1.54) is 18.4 Å². The molecule has 0 saturated heterocycles. The van der Waals surface area contributed by atoms with E-state index in [1.807, 2.05) is 18.5 Å². The van der Waals surface area contributed by atoms with Crippen molar-refractivity contribution in [3.8, 4) is 0 Å². The Morgan fingerprint density at radius 1 is 1.33 bits per heavy atom. The van der Waals surface area contributed by atoms with E-state index in [4.69, 9.17) is 5.73 Å². The zero-order valence-electron chi connectivity index (χ0n) is 12.0. The Labute approximate surface area is 111 Å². The molecule has 0 atom stereocenters. The van der Waals surface area contributed by atoms with E-state index in [0.29, 0.717) is 5.41 Å². The number of nitrogens with zero attached hydrogens (tertiary/aromatic N) is 2. The molecule has 1 aromatic heterocycles. The topological polar surface area (TPSA) is 42.1 Å². The molecule has 3 heteroatoms. The molecule has 102 valence electrons. The second kappa shape index (κ2) is 7.49. The van der Waals surface area contributed by atoms with Crippen LogP contribution >= 0.6 is 0 Å². The molecule has 0 amide bonds. The fourth-order valence-corrected chi connectivity index (χ4v) is 2.23.